The summed E-state index contributed by atoms with van der Waals surface area (Å²) in [6.45, 7) is 4.36. The molecule has 4 heteroatoms. The van der Waals surface area contributed by atoms with Crippen LogP contribution in [0.3, 0.4) is 0 Å². The van der Waals surface area contributed by atoms with E-state index >= 15 is 0 Å². The molecule has 3 nitrogen and oxygen atoms in total. The maximum atomic E-state index is 13.4. The first-order valence-electron chi connectivity index (χ1n) is 5.89. The molecule has 0 amide bonds. The molecule has 17 heavy (non-hydrogen) atoms. The molecule has 3 atom stereocenters. The van der Waals surface area contributed by atoms with E-state index in [2.05, 4.69) is 0 Å². The minimum absolute atomic E-state index is 0.0522. The summed E-state index contributed by atoms with van der Waals surface area (Å²) >= 11 is 0. The molecule has 2 rings (SSSR count). The fourth-order valence-corrected chi connectivity index (χ4v) is 2.00. The summed E-state index contributed by atoms with van der Waals surface area (Å²) in [6.07, 6.45) is 1.15. The third-order valence-corrected chi connectivity index (χ3v) is 2.92. The Morgan fingerprint density at radius 1 is 1.53 bits per heavy atom. The SMILES string of the molecule is CC1C[C@@H](Oc2ccc(F)c([C@H](C)N)c2)CO1. The topological polar surface area (TPSA) is 44.5 Å². The third kappa shape index (κ3) is 2.96. The van der Waals surface area contributed by atoms with Gasteiger partial charge in [0.1, 0.15) is 17.7 Å². The van der Waals surface area contributed by atoms with Gasteiger partial charge in [-0.05, 0) is 32.0 Å². The van der Waals surface area contributed by atoms with Gasteiger partial charge in [-0.1, -0.05) is 0 Å². The van der Waals surface area contributed by atoms with E-state index < -0.39 is 0 Å². The number of halogens is 1. The standard InChI is InChI=1S/C13H18FNO2/c1-8-5-11(7-16-8)17-10-3-4-13(14)12(6-10)9(2)15/h3-4,6,8-9,11H,5,7,15H2,1-2H3/t8?,9-,11+/m0/s1. The van der Waals surface area contributed by atoms with Crippen molar-refractivity contribution < 1.29 is 13.9 Å². The van der Waals surface area contributed by atoms with Crippen molar-refractivity contribution in [2.24, 2.45) is 5.73 Å². The summed E-state index contributed by atoms with van der Waals surface area (Å²) in [5.41, 5.74) is 6.17. The highest BCUT2D eigenvalue weighted by Crippen LogP contribution is 2.24. The molecule has 0 aliphatic carbocycles. The summed E-state index contributed by atoms with van der Waals surface area (Å²) in [7, 11) is 0. The zero-order valence-corrected chi connectivity index (χ0v) is 10.2. The molecule has 1 heterocycles. The van der Waals surface area contributed by atoms with Crippen LogP contribution in [-0.4, -0.2) is 18.8 Å². The first kappa shape index (κ1) is 12.3. The van der Waals surface area contributed by atoms with Gasteiger partial charge < -0.3 is 15.2 Å². The molecule has 0 radical (unpaired) electrons. The van der Waals surface area contributed by atoms with Crippen LogP contribution in [0.15, 0.2) is 18.2 Å². The summed E-state index contributed by atoms with van der Waals surface area (Å²) in [5.74, 6) is 0.366. The summed E-state index contributed by atoms with van der Waals surface area (Å²) in [4.78, 5) is 0. The highest BCUT2D eigenvalue weighted by molar-refractivity contribution is 5.31. The van der Waals surface area contributed by atoms with Gasteiger partial charge in [-0.15, -0.1) is 0 Å². The van der Waals surface area contributed by atoms with Gasteiger partial charge in [-0.2, -0.15) is 0 Å². The van der Waals surface area contributed by atoms with E-state index in [0.717, 1.165) is 6.42 Å². The van der Waals surface area contributed by atoms with Gasteiger partial charge in [0.05, 0.1) is 12.7 Å². The number of benzene rings is 1. The first-order chi connectivity index (χ1) is 8.06. The maximum absolute atomic E-state index is 13.4. The van der Waals surface area contributed by atoms with Crippen LogP contribution in [0.4, 0.5) is 4.39 Å². The lowest BCUT2D eigenvalue weighted by Crippen LogP contribution is -2.16. The number of nitrogens with two attached hydrogens (primary N) is 1. The summed E-state index contributed by atoms with van der Waals surface area (Å²) in [5, 5.41) is 0. The third-order valence-electron chi connectivity index (χ3n) is 2.92. The van der Waals surface area contributed by atoms with Crippen molar-refractivity contribution in [1.82, 2.24) is 0 Å². The average Bonchev–Trinajstić information content (AvgIpc) is 2.66. The van der Waals surface area contributed by atoms with E-state index in [1.165, 1.54) is 6.07 Å². The van der Waals surface area contributed by atoms with Crippen molar-refractivity contribution in [3.05, 3.63) is 29.6 Å². The maximum Gasteiger partial charge on any atom is 0.128 e. The van der Waals surface area contributed by atoms with E-state index in [1.54, 1.807) is 19.1 Å². The Kier molecular flexibility index (Phi) is 3.64. The van der Waals surface area contributed by atoms with Gasteiger partial charge >= 0.3 is 0 Å². The van der Waals surface area contributed by atoms with Gasteiger partial charge in [0, 0.05) is 18.0 Å². The van der Waals surface area contributed by atoms with Crippen LogP contribution in [0.5, 0.6) is 5.75 Å². The number of hydrogen-bond donors (Lipinski definition) is 1. The summed E-state index contributed by atoms with van der Waals surface area (Å²) < 4.78 is 24.6. The van der Waals surface area contributed by atoms with Crippen LogP contribution < -0.4 is 10.5 Å². The molecule has 1 aliphatic rings. The van der Waals surface area contributed by atoms with Crippen molar-refractivity contribution in [2.75, 3.05) is 6.61 Å². The molecular weight excluding hydrogens is 221 g/mol. The first-order valence-corrected chi connectivity index (χ1v) is 5.89. The lowest BCUT2D eigenvalue weighted by molar-refractivity contribution is 0.104. The predicted octanol–water partition coefficient (Wildman–Crippen LogP) is 2.40. The summed E-state index contributed by atoms with van der Waals surface area (Å²) in [6, 6.07) is 4.36. The molecule has 1 aromatic carbocycles. The second kappa shape index (κ2) is 5.02. The molecule has 1 fully saturated rings. The fraction of sp³-hybridized carbons (Fsp3) is 0.538. The largest absolute Gasteiger partial charge is 0.488 e. The van der Waals surface area contributed by atoms with Gasteiger partial charge in [-0.3, -0.25) is 0 Å². The van der Waals surface area contributed by atoms with Crippen molar-refractivity contribution in [3.63, 3.8) is 0 Å². The second-order valence-corrected chi connectivity index (χ2v) is 4.59. The number of hydrogen-bond acceptors (Lipinski definition) is 3. The Morgan fingerprint density at radius 2 is 2.29 bits per heavy atom. The van der Waals surface area contributed by atoms with Crippen molar-refractivity contribution in [3.8, 4) is 5.75 Å². The molecule has 1 saturated heterocycles. The van der Waals surface area contributed by atoms with Gasteiger partial charge in [-0.25, -0.2) is 4.39 Å². The van der Waals surface area contributed by atoms with Crippen LogP contribution in [0, 0.1) is 5.82 Å². The van der Waals surface area contributed by atoms with Crippen LogP contribution in [0.2, 0.25) is 0 Å². The molecular formula is C13H18FNO2. The van der Waals surface area contributed by atoms with Gasteiger partial charge in [0.15, 0.2) is 0 Å². The highest BCUT2D eigenvalue weighted by Gasteiger charge is 2.23. The predicted molar refractivity (Wildman–Crippen MR) is 63.4 cm³/mol. The van der Waals surface area contributed by atoms with E-state index in [-0.39, 0.29) is 24.1 Å². The molecule has 0 spiro atoms. The van der Waals surface area contributed by atoms with Crippen molar-refractivity contribution in [2.45, 2.75) is 38.5 Å². The van der Waals surface area contributed by atoms with Crippen LogP contribution in [0.25, 0.3) is 0 Å². The van der Waals surface area contributed by atoms with Crippen LogP contribution in [0.1, 0.15) is 31.9 Å². The highest BCUT2D eigenvalue weighted by atomic mass is 19.1. The van der Waals surface area contributed by atoms with E-state index in [9.17, 15) is 4.39 Å². The van der Waals surface area contributed by atoms with Crippen LogP contribution in [-0.2, 0) is 4.74 Å². The minimum Gasteiger partial charge on any atom is -0.488 e. The van der Waals surface area contributed by atoms with E-state index in [0.29, 0.717) is 17.9 Å². The smallest absolute Gasteiger partial charge is 0.128 e. The molecule has 0 bridgehead atoms. The Hall–Kier alpha value is -1.13. The molecule has 1 aliphatic heterocycles. The van der Waals surface area contributed by atoms with Gasteiger partial charge in [0.2, 0.25) is 0 Å². The monoisotopic (exact) mass is 239 g/mol. The molecule has 0 saturated carbocycles. The quantitative estimate of drug-likeness (QED) is 0.881. The Morgan fingerprint density at radius 3 is 2.88 bits per heavy atom. The fourth-order valence-electron chi connectivity index (χ4n) is 2.00. The molecule has 1 unspecified atom stereocenters. The van der Waals surface area contributed by atoms with E-state index in [1.807, 2.05) is 6.92 Å². The van der Waals surface area contributed by atoms with Crippen molar-refractivity contribution in [1.29, 1.82) is 0 Å². The molecule has 94 valence electrons. The Balaban J connectivity index is 2.08. The lowest BCUT2D eigenvalue weighted by atomic mass is 10.1. The number of rotatable bonds is 3. The van der Waals surface area contributed by atoms with E-state index in [4.69, 9.17) is 15.2 Å². The normalized spacial score (nSPS) is 25.9. The molecule has 0 aromatic heterocycles. The average molecular weight is 239 g/mol. The zero-order chi connectivity index (χ0) is 12.4. The second-order valence-electron chi connectivity index (χ2n) is 4.59. The Bertz CT molecular complexity index is 395. The van der Waals surface area contributed by atoms with Gasteiger partial charge in [0.25, 0.3) is 0 Å². The number of ether oxygens (including phenoxy) is 2. The molecule has 1 aromatic rings. The lowest BCUT2D eigenvalue weighted by Gasteiger charge is -2.14. The molecule has 2 N–H and O–H groups in total. The van der Waals surface area contributed by atoms with Crippen LogP contribution >= 0.6 is 0 Å². The minimum atomic E-state index is -0.336. The van der Waals surface area contributed by atoms with Crippen molar-refractivity contribution >= 4 is 0 Å². The zero-order valence-electron chi connectivity index (χ0n) is 10.2. The Labute approximate surface area is 101 Å².